The van der Waals surface area contributed by atoms with Crippen molar-refractivity contribution in [1.82, 2.24) is 0 Å². The van der Waals surface area contributed by atoms with E-state index in [-0.39, 0.29) is 0 Å². The van der Waals surface area contributed by atoms with Crippen molar-refractivity contribution in [2.45, 2.75) is 26.2 Å². The van der Waals surface area contributed by atoms with Gasteiger partial charge in [0, 0.05) is 0 Å². The lowest BCUT2D eigenvalue weighted by Crippen LogP contribution is -2.66. The molecule has 44 heavy (non-hydrogen) atoms. The van der Waals surface area contributed by atoms with E-state index in [4.69, 9.17) is 16.5 Å². The second kappa shape index (κ2) is 14.1. The average molecular weight is 649 g/mol. The highest BCUT2D eigenvalue weighted by molar-refractivity contribution is 6.98. The van der Waals surface area contributed by atoms with E-state index in [1.807, 2.05) is 72.8 Å². The smallest absolute Gasteiger partial charge is 0.344 e. The molecule has 1 saturated heterocycles. The van der Waals surface area contributed by atoms with Crippen LogP contribution in [0.25, 0.3) is 24.3 Å². The summed E-state index contributed by atoms with van der Waals surface area (Å²) in [6, 6.07) is 41.0. The predicted octanol–water partition coefficient (Wildman–Crippen LogP) is 9.36. The zero-order chi connectivity index (χ0) is 30.9. The van der Waals surface area contributed by atoms with Gasteiger partial charge in [0.1, 0.15) is 0 Å². The van der Waals surface area contributed by atoms with E-state index in [0.29, 0.717) is 0 Å². The minimum absolute atomic E-state index is 1.09. The fourth-order valence-electron chi connectivity index (χ4n) is 5.21. The van der Waals surface area contributed by atoms with Gasteiger partial charge in [-0.15, -0.1) is 0 Å². The van der Waals surface area contributed by atoms with Gasteiger partial charge in [-0.05, 0) is 71.2 Å². The summed E-state index contributed by atoms with van der Waals surface area (Å²) in [7, 11) is -12.0. The first-order valence-electron chi connectivity index (χ1n) is 14.9. The molecule has 4 aromatic carbocycles. The van der Waals surface area contributed by atoms with Gasteiger partial charge in [0.15, 0.2) is 0 Å². The molecule has 8 heteroatoms. The molecule has 0 aliphatic carbocycles. The lowest BCUT2D eigenvalue weighted by molar-refractivity contribution is 0.251. The summed E-state index contributed by atoms with van der Waals surface area (Å²) in [4.78, 5) is 0. The van der Waals surface area contributed by atoms with Gasteiger partial charge in [-0.1, -0.05) is 146 Å². The summed E-state index contributed by atoms with van der Waals surface area (Å²) in [5.74, 6) is 0. The van der Waals surface area contributed by atoms with Gasteiger partial charge in [-0.25, -0.2) is 0 Å². The Hall–Kier alpha value is -3.45. The molecule has 0 spiro atoms. The van der Waals surface area contributed by atoms with Crippen LogP contribution in [0, 0.1) is 0 Å². The quantitative estimate of drug-likeness (QED) is 0.179. The maximum atomic E-state index is 7.19. The third-order valence-electron chi connectivity index (χ3n) is 7.13. The van der Waals surface area contributed by atoms with E-state index in [1.54, 1.807) is 0 Å². The van der Waals surface area contributed by atoms with E-state index in [0.717, 1.165) is 22.3 Å². The van der Waals surface area contributed by atoms with Gasteiger partial charge >= 0.3 is 34.2 Å². The minimum atomic E-state index is -3.01. The van der Waals surface area contributed by atoms with Crippen molar-refractivity contribution < 1.29 is 16.5 Å². The van der Waals surface area contributed by atoms with Crippen LogP contribution in [0.2, 0.25) is 26.2 Å². The zero-order valence-electron chi connectivity index (χ0n) is 25.8. The van der Waals surface area contributed by atoms with Gasteiger partial charge in [0.05, 0.1) is 0 Å². The van der Waals surface area contributed by atoms with Crippen LogP contribution in [0.4, 0.5) is 0 Å². The fourth-order valence-corrected chi connectivity index (χ4v) is 24.4. The third-order valence-corrected chi connectivity index (χ3v) is 23.2. The summed E-state index contributed by atoms with van der Waals surface area (Å²) < 4.78 is 28.7. The normalized spacial score (nSPS) is 28.1. The molecule has 0 amide bonds. The van der Waals surface area contributed by atoms with E-state index < -0.39 is 34.2 Å². The molecule has 0 atom stereocenters. The highest BCUT2D eigenvalue weighted by atomic mass is 28.5. The van der Waals surface area contributed by atoms with Gasteiger partial charge in [0.2, 0.25) is 0 Å². The van der Waals surface area contributed by atoms with Crippen LogP contribution < -0.4 is 0 Å². The summed E-state index contributed by atoms with van der Waals surface area (Å²) in [5.41, 5.74) is 12.9. The highest BCUT2D eigenvalue weighted by Gasteiger charge is 2.54. The van der Waals surface area contributed by atoms with Crippen LogP contribution in [-0.4, -0.2) is 34.2 Å². The zero-order valence-corrected chi connectivity index (χ0v) is 29.8. The molecule has 224 valence electrons. The Morgan fingerprint density at radius 1 is 0.318 bits per heavy atom. The largest absolute Gasteiger partial charge is 0.410 e. The van der Waals surface area contributed by atoms with E-state index in [1.165, 1.54) is 0 Å². The van der Waals surface area contributed by atoms with E-state index in [2.05, 4.69) is 122 Å². The molecule has 4 nitrogen and oxygen atoms in total. The Bertz CT molecular complexity index is 1350. The summed E-state index contributed by atoms with van der Waals surface area (Å²) in [6.07, 6.45) is 8.41. The Morgan fingerprint density at radius 2 is 0.500 bits per heavy atom. The summed E-state index contributed by atoms with van der Waals surface area (Å²) in [5, 5.41) is 0. The summed E-state index contributed by atoms with van der Waals surface area (Å²) >= 11 is 0. The predicted molar refractivity (Wildman–Crippen MR) is 193 cm³/mol. The Labute approximate surface area is 266 Å². The van der Waals surface area contributed by atoms with E-state index in [9.17, 15) is 0 Å². The van der Waals surface area contributed by atoms with Crippen molar-refractivity contribution in [2.75, 3.05) is 0 Å². The molecular weight excluding hydrogens is 609 g/mol. The van der Waals surface area contributed by atoms with Crippen molar-refractivity contribution in [1.29, 1.82) is 0 Å². The second-order valence-electron chi connectivity index (χ2n) is 11.4. The molecule has 0 unspecified atom stereocenters. The van der Waals surface area contributed by atoms with Gasteiger partial charge in [-0.3, -0.25) is 0 Å². The molecule has 0 bridgehead atoms. The molecule has 1 fully saturated rings. The SMILES string of the molecule is C[Si]1(/C=C/c2ccccc2)O[Si](C)(/C=C/c2ccccc2)O[Si](C)(/C=C/c2ccccc2)O[Si](C)(/C=C/c2ccccc2)O1. The molecule has 1 aliphatic rings. The molecular formula is C36H40O4Si4. The van der Waals surface area contributed by atoms with Crippen LogP contribution in [0.15, 0.2) is 144 Å². The Kier molecular flexibility index (Phi) is 10.2. The molecule has 1 aliphatic heterocycles. The lowest BCUT2D eigenvalue weighted by Gasteiger charge is -2.47. The maximum Gasteiger partial charge on any atom is 0.344 e. The van der Waals surface area contributed by atoms with Crippen molar-refractivity contribution in [2.24, 2.45) is 0 Å². The number of rotatable bonds is 8. The van der Waals surface area contributed by atoms with Crippen LogP contribution in [0.1, 0.15) is 22.3 Å². The van der Waals surface area contributed by atoms with Crippen LogP contribution in [0.3, 0.4) is 0 Å². The number of hydrogen-bond donors (Lipinski definition) is 0. The first kappa shape index (κ1) is 32.0. The highest BCUT2D eigenvalue weighted by Crippen LogP contribution is 2.34. The van der Waals surface area contributed by atoms with Crippen molar-refractivity contribution in [3.63, 3.8) is 0 Å². The standard InChI is InChI=1S/C36H40O4Si4/c1-41(29-25-33-17-9-5-10-18-33)37-42(2,30-26-34-19-11-6-12-20-34)39-44(4,32-28-36-23-15-8-16-24-36)40-43(3,38-41)31-27-35-21-13-7-14-22-35/h5-32H,1-4H3/b29-25+,30-26+,31-27+,32-28+. The number of hydrogen-bond acceptors (Lipinski definition) is 4. The third kappa shape index (κ3) is 9.27. The van der Waals surface area contributed by atoms with E-state index >= 15 is 0 Å². The first-order valence-corrected chi connectivity index (χ1v) is 24.5. The average Bonchev–Trinajstić information content (AvgIpc) is 3.02. The summed E-state index contributed by atoms with van der Waals surface area (Å²) in [6.45, 7) is 8.41. The van der Waals surface area contributed by atoms with Crippen LogP contribution >= 0.6 is 0 Å². The Morgan fingerprint density at radius 3 is 0.682 bits per heavy atom. The maximum absolute atomic E-state index is 7.19. The molecule has 5 rings (SSSR count). The molecule has 0 saturated carbocycles. The van der Waals surface area contributed by atoms with Gasteiger partial charge in [-0.2, -0.15) is 0 Å². The number of benzene rings is 4. The minimum Gasteiger partial charge on any atom is -0.410 e. The molecule has 0 aromatic heterocycles. The Balaban J connectivity index is 1.58. The molecule has 4 aromatic rings. The molecule has 0 N–H and O–H groups in total. The van der Waals surface area contributed by atoms with Crippen LogP contribution in [0.5, 0.6) is 0 Å². The van der Waals surface area contributed by atoms with Crippen LogP contribution in [-0.2, 0) is 16.5 Å². The van der Waals surface area contributed by atoms with Crippen molar-refractivity contribution >= 4 is 58.5 Å². The molecule has 0 radical (unpaired) electrons. The van der Waals surface area contributed by atoms with Crippen molar-refractivity contribution in [3.8, 4) is 0 Å². The topological polar surface area (TPSA) is 36.9 Å². The van der Waals surface area contributed by atoms with Gasteiger partial charge < -0.3 is 16.5 Å². The molecule has 1 heterocycles. The second-order valence-corrected chi connectivity index (χ2v) is 24.2. The van der Waals surface area contributed by atoms with Gasteiger partial charge in [0.25, 0.3) is 0 Å². The fraction of sp³-hybridized carbons (Fsp3) is 0.111. The first-order chi connectivity index (χ1) is 21.1. The lowest BCUT2D eigenvalue weighted by atomic mass is 10.2. The van der Waals surface area contributed by atoms with Crippen molar-refractivity contribution in [3.05, 3.63) is 166 Å². The monoisotopic (exact) mass is 648 g/mol.